The molecular formula is C42H51N7O8S. The van der Waals surface area contributed by atoms with E-state index >= 15 is 0 Å². The number of ether oxygens (including phenoxy) is 2. The van der Waals surface area contributed by atoms with Crippen molar-refractivity contribution in [3.05, 3.63) is 72.8 Å². The van der Waals surface area contributed by atoms with Gasteiger partial charge in [0.2, 0.25) is 21.8 Å². The van der Waals surface area contributed by atoms with Crippen LogP contribution in [0.3, 0.4) is 0 Å². The SMILES string of the molecule is C=C[C@@H]1C[C@]1(NC(=O)[C@@H]1C[C@@H]2CN1C(=O)[C@H](C(C)(C)C)NC(=O)OCCCC/C=C\c1cccc(c1)-c1nn2nc1-c1ccc(OC)cc1)C(=O)NS(=O)(=O)C1CC1. The molecular weight excluding hydrogens is 763 g/mol. The average Bonchev–Trinajstić information content (AvgIpc) is 4.08. The zero-order valence-corrected chi connectivity index (χ0v) is 34.1. The zero-order valence-electron chi connectivity index (χ0n) is 33.3. The largest absolute Gasteiger partial charge is 0.497 e. The van der Waals surface area contributed by atoms with Crippen molar-refractivity contribution in [3.8, 4) is 28.3 Å². The Morgan fingerprint density at radius 2 is 1.78 bits per heavy atom. The molecule has 0 unspecified atom stereocenters. The molecule has 3 aromatic rings. The smallest absolute Gasteiger partial charge is 0.407 e. The van der Waals surface area contributed by atoms with Gasteiger partial charge in [-0.25, -0.2) is 13.2 Å². The number of nitrogens with zero attached hydrogens (tertiary/aromatic N) is 4. The highest BCUT2D eigenvalue weighted by atomic mass is 32.2. The highest BCUT2D eigenvalue weighted by molar-refractivity contribution is 7.91. The summed E-state index contributed by atoms with van der Waals surface area (Å²) in [5, 5.41) is 15.0. The molecule has 6 bridgehead atoms. The van der Waals surface area contributed by atoms with E-state index in [0.717, 1.165) is 29.5 Å². The Balaban J connectivity index is 1.29. The van der Waals surface area contributed by atoms with Crippen LogP contribution in [-0.4, -0.2) is 95.3 Å². The number of benzene rings is 2. The van der Waals surface area contributed by atoms with E-state index in [1.807, 2.05) is 54.6 Å². The average molecular weight is 814 g/mol. The van der Waals surface area contributed by atoms with E-state index in [2.05, 4.69) is 28.0 Å². The number of carbonyl (C=O) groups is 4. The molecule has 2 aromatic carbocycles. The summed E-state index contributed by atoms with van der Waals surface area (Å²) in [6, 6.07) is 12.5. The van der Waals surface area contributed by atoms with Crippen LogP contribution in [-0.2, 0) is 29.1 Å². The number of aromatic nitrogens is 3. The Morgan fingerprint density at radius 1 is 1.05 bits per heavy atom. The number of allylic oxidation sites excluding steroid dienone is 1. The third-order valence-electron chi connectivity index (χ3n) is 11.3. The van der Waals surface area contributed by atoms with E-state index in [9.17, 15) is 27.6 Å². The fourth-order valence-electron chi connectivity index (χ4n) is 7.63. The van der Waals surface area contributed by atoms with E-state index in [0.29, 0.717) is 36.4 Å². The lowest BCUT2D eigenvalue weighted by atomic mass is 9.85. The van der Waals surface area contributed by atoms with Crippen molar-refractivity contribution in [3.63, 3.8) is 0 Å². The van der Waals surface area contributed by atoms with Gasteiger partial charge in [-0.15, -0.1) is 6.58 Å². The number of cyclic esters (lactones) is 1. The summed E-state index contributed by atoms with van der Waals surface area (Å²) in [5.41, 5.74) is 1.34. The lowest BCUT2D eigenvalue weighted by Gasteiger charge is -2.35. The van der Waals surface area contributed by atoms with E-state index in [4.69, 9.17) is 19.7 Å². The van der Waals surface area contributed by atoms with Crippen LogP contribution in [0.15, 0.2) is 67.3 Å². The number of fused-ring (bicyclic) bond motifs is 8. The Hall–Kier alpha value is -5.51. The first-order chi connectivity index (χ1) is 27.6. The summed E-state index contributed by atoms with van der Waals surface area (Å²) in [5.74, 6) is -1.90. The van der Waals surface area contributed by atoms with Gasteiger partial charge in [0.1, 0.15) is 34.8 Å². The number of hydrogen-bond donors (Lipinski definition) is 3. The minimum Gasteiger partial charge on any atom is -0.497 e. The molecule has 58 heavy (non-hydrogen) atoms. The molecule has 5 atom stereocenters. The molecule has 308 valence electrons. The van der Waals surface area contributed by atoms with Gasteiger partial charge in [0.25, 0.3) is 5.91 Å². The number of methoxy groups -OCH3 is 1. The number of amides is 4. The fourth-order valence-corrected chi connectivity index (χ4v) is 8.99. The first-order valence-electron chi connectivity index (χ1n) is 19.8. The monoisotopic (exact) mass is 813 g/mol. The molecule has 4 amide bonds. The Bertz CT molecular complexity index is 2230. The Labute approximate surface area is 338 Å². The first-order valence-corrected chi connectivity index (χ1v) is 21.3. The van der Waals surface area contributed by atoms with E-state index in [-0.39, 0.29) is 26.0 Å². The summed E-state index contributed by atoms with van der Waals surface area (Å²) in [6.45, 7) is 9.36. The Morgan fingerprint density at radius 3 is 2.43 bits per heavy atom. The highest BCUT2D eigenvalue weighted by Crippen LogP contribution is 2.46. The van der Waals surface area contributed by atoms with Crippen LogP contribution in [0.4, 0.5) is 4.79 Å². The van der Waals surface area contributed by atoms with Crippen LogP contribution >= 0.6 is 0 Å². The number of alkyl carbamates (subject to hydrolysis) is 1. The van der Waals surface area contributed by atoms with Crippen LogP contribution < -0.4 is 20.1 Å². The van der Waals surface area contributed by atoms with Gasteiger partial charge in [-0.1, -0.05) is 57.2 Å². The number of hydrogen-bond acceptors (Lipinski definition) is 10. The van der Waals surface area contributed by atoms with Crippen molar-refractivity contribution < 1.29 is 37.1 Å². The van der Waals surface area contributed by atoms with Crippen molar-refractivity contribution in [1.29, 1.82) is 0 Å². The number of nitrogens with one attached hydrogen (secondary N) is 3. The predicted molar refractivity (Wildman–Crippen MR) is 216 cm³/mol. The molecule has 3 N–H and O–H groups in total. The van der Waals surface area contributed by atoms with Crippen molar-refractivity contribution in [2.24, 2.45) is 11.3 Å². The van der Waals surface area contributed by atoms with Gasteiger partial charge in [-0.2, -0.15) is 15.0 Å². The van der Waals surface area contributed by atoms with Gasteiger partial charge >= 0.3 is 6.09 Å². The van der Waals surface area contributed by atoms with E-state index in [1.165, 1.54) is 15.8 Å². The van der Waals surface area contributed by atoms with Crippen LogP contribution in [0.25, 0.3) is 28.6 Å². The van der Waals surface area contributed by atoms with Crippen molar-refractivity contribution in [2.45, 2.75) is 94.6 Å². The van der Waals surface area contributed by atoms with Crippen molar-refractivity contribution >= 4 is 39.9 Å². The van der Waals surface area contributed by atoms with Crippen LogP contribution in [0.5, 0.6) is 5.75 Å². The summed E-state index contributed by atoms with van der Waals surface area (Å²) in [6.07, 6.45) is 8.11. The van der Waals surface area contributed by atoms with Crippen LogP contribution in [0, 0.1) is 11.3 Å². The first kappa shape index (κ1) is 40.7. The van der Waals surface area contributed by atoms with Gasteiger partial charge in [0, 0.05) is 30.0 Å². The standard InChI is InChI=1S/C42H51N7O8S/c1-6-29-24-42(29,39(52)47-58(54,55)32-19-20-32)44-37(50)33-23-30-25-48(33)38(51)36(41(2,3)4)43-40(53)57-21-10-8-7-9-12-26-13-11-14-28(22-26)35-34(45-49(30)46-35)27-15-17-31(56-5)18-16-27/h6,9,11-18,22,29-30,32-33,36H,1,7-8,10,19-21,23-25H2,2-5H3,(H,43,53)(H,44,50)(H,47,52)/b12-9-/t29-,30-,33+,36-,42-/m1/s1. The molecule has 3 fully saturated rings. The molecule has 4 aliphatic rings. The second-order valence-corrected chi connectivity index (χ2v) is 18.6. The molecule has 1 aromatic heterocycles. The fraction of sp³-hybridized carbons (Fsp3) is 0.476. The molecule has 16 heteroatoms. The van der Waals surface area contributed by atoms with Crippen LogP contribution in [0.1, 0.15) is 77.3 Å². The maximum absolute atomic E-state index is 14.8. The zero-order chi connectivity index (χ0) is 41.4. The summed E-state index contributed by atoms with van der Waals surface area (Å²) in [7, 11) is -2.33. The molecule has 2 aliphatic carbocycles. The van der Waals surface area contributed by atoms with Crippen LogP contribution in [0.2, 0.25) is 0 Å². The van der Waals surface area contributed by atoms with Gasteiger partial charge in [-0.3, -0.25) is 19.1 Å². The Kier molecular flexibility index (Phi) is 11.2. The summed E-state index contributed by atoms with van der Waals surface area (Å²) >= 11 is 0. The van der Waals surface area contributed by atoms with Gasteiger partial charge in [-0.05, 0) is 79.8 Å². The molecule has 3 heterocycles. The van der Waals surface area contributed by atoms with E-state index in [1.54, 1.807) is 27.9 Å². The van der Waals surface area contributed by atoms with Gasteiger partial charge < -0.3 is 25.0 Å². The number of sulfonamides is 1. The molecule has 15 nitrogen and oxygen atoms in total. The lowest BCUT2D eigenvalue weighted by molar-refractivity contribution is -0.142. The summed E-state index contributed by atoms with van der Waals surface area (Å²) in [4.78, 5) is 59.0. The maximum atomic E-state index is 14.8. The minimum absolute atomic E-state index is 0.0146. The maximum Gasteiger partial charge on any atom is 0.407 e. The molecule has 0 radical (unpaired) electrons. The summed E-state index contributed by atoms with van der Waals surface area (Å²) < 4.78 is 38.7. The highest BCUT2D eigenvalue weighted by Gasteiger charge is 2.62. The topological polar surface area (TPSA) is 191 Å². The van der Waals surface area contributed by atoms with Crippen molar-refractivity contribution in [1.82, 2.24) is 35.2 Å². The molecule has 7 rings (SSSR count). The predicted octanol–water partition coefficient (Wildman–Crippen LogP) is 4.77. The second kappa shape index (κ2) is 16.0. The lowest BCUT2D eigenvalue weighted by Crippen LogP contribution is -2.60. The normalized spacial score (nSPS) is 25.8. The molecule has 2 aliphatic heterocycles. The van der Waals surface area contributed by atoms with Crippen molar-refractivity contribution in [2.75, 3.05) is 20.3 Å². The minimum atomic E-state index is -3.92. The third-order valence-corrected chi connectivity index (χ3v) is 13.1. The molecule has 2 saturated carbocycles. The third kappa shape index (κ3) is 8.52. The van der Waals surface area contributed by atoms with Gasteiger partial charge in [0.05, 0.1) is 25.0 Å². The quantitative estimate of drug-likeness (QED) is 0.267. The molecule has 0 spiro atoms. The second-order valence-electron chi connectivity index (χ2n) is 16.6. The molecule has 1 saturated heterocycles. The van der Waals surface area contributed by atoms with Gasteiger partial charge in [0.15, 0.2) is 0 Å². The number of rotatable bonds is 8. The van der Waals surface area contributed by atoms with E-state index < -0.39 is 74.1 Å². The number of carbonyl (C=O) groups excluding carboxylic acids is 4.